The molecule has 2 atom stereocenters. The number of para-hydroxylation sites is 2. The normalized spacial score (nSPS) is 20.4. The number of amides is 4. The highest BCUT2D eigenvalue weighted by Crippen LogP contribution is 2.33. The number of carbonyl (C=O) groups is 2. The Morgan fingerprint density at radius 1 is 0.565 bits per heavy atom. The lowest BCUT2D eigenvalue weighted by molar-refractivity contribution is 0.213. The number of urea groups is 2. The highest BCUT2D eigenvalue weighted by molar-refractivity contribution is 5.94. The minimum atomic E-state index is 0.156. The summed E-state index contributed by atoms with van der Waals surface area (Å²) >= 11 is 0. The molecule has 0 bridgehead atoms. The quantitative estimate of drug-likeness (QED) is 0.247. The molecule has 4 aliphatic rings. The van der Waals surface area contributed by atoms with Crippen LogP contribution in [0, 0.1) is 0 Å². The van der Waals surface area contributed by atoms with Crippen LogP contribution in [0.2, 0.25) is 0 Å². The van der Waals surface area contributed by atoms with E-state index in [0.29, 0.717) is 11.8 Å². The van der Waals surface area contributed by atoms with Crippen LogP contribution in [0.15, 0.2) is 97.6 Å². The van der Waals surface area contributed by atoms with Gasteiger partial charge in [-0.15, -0.1) is 0 Å². The van der Waals surface area contributed by atoms with E-state index < -0.39 is 0 Å². The molecule has 0 N–H and O–H groups in total. The third kappa shape index (κ3) is 6.34. The summed E-state index contributed by atoms with van der Waals surface area (Å²) in [5.41, 5.74) is 7.29. The second-order valence-corrected chi connectivity index (χ2v) is 12.8. The van der Waals surface area contributed by atoms with Gasteiger partial charge in [-0.05, 0) is 91.1 Å². The molecule has 0 saturated carbocycles. The van der Waals surface area contributed by atoms with Crippen LogP contribution >= 0.6 is 0 Å². The molecule has 46 heavy (non-hydrogen) atoms. The molecule has 236 valence electrons. The van der Waals surface area contributed by atoms with Gasteiger partial charge in [-0.25, -0.2) is 9.59 Å². The van der Waals surface area contributed by atoms with E-state index in [1.807, 2.05) is 56.4 Å². The number of likely N-dealkylation sites (tertiary alicyclic amines) is 2. The van der Waals surface area contributed by atoms with E-state index in [-0.39, 0.29) is 12.1 Å². The van der Waals surface area contributed by atoms with Gasteiger partial charge in [0, 0.05) is 87.3 Å². The number of nitrogens with zero attached hydrogens (tertiary/aromatic N) is 6. The summed E-state index contributed by atoms with van der Waals surface area (Å²) in [6.07, 6.45) is 13.7. The number of rotatable bonds is 2. The fourth-order valence-corrected chi connectivity index (χ4v) is 7.47. The van der Waals surface area contributed by atoms with Gasteiger partial charge in [-0.2, -0.15) is 0 Å². The van der Waals surface area contributed by atoms with E-state index in [0.717, 1.165) is 89.2 Å². The second kappa shape index (κ2) is 13.7. The first kappa shape index (κ1) is 30.0. The molecule has 0 spiro atoms. The van der Waals surface area contributed by atoms with Crippen molar-refractivity contribution < 1.29 is 9.59 Å². The maximum absolute atomic E-state index is 13.0. The fourth-order valence-electron chi connectivity index (χ4n) is 7.47. The average Bonchev–Trinajstić information content (AvgIpc) is 3.83. The zero-order chi connectivity index (χ0) is 31.3. The number of aryl methyl sites for hydroxylation is 2. The highest BCUT2D eigenvalue weighted by Gasteiger charge is 2.33. The first-order valence-corrected chi connectivity index (χ1v) is 16.7. The molecule has 2 fully saturated rings. The Labute approximate surface area is 271 Å². The molecule has 0 radical (unpaired) electrons. The molecule has 2 saturated heterocycles. The van der Waals surface area contributed by atoms with E-state index in [2.05, 4.69) is 64.6 Å². The lowest BCUT2D eigenvalue weighted by Gasteiger charge is -2.32. The Morgan fingerprint density at radius 3 is 1.65 bits per heavy atom. The van der Waals surface area contributed by atoms with Gasteiger partial charge in [0.1, 0.15) is 0 Å². The van der Waals surface area contributed by atoms with Gasteiger partial charge in [0.15, 0.2) is 0 Å². The summed E-state index contributed by atoms with van der Waals surface area (Å²) in [7, 11) is 0. The Bertz CT molecular complexity index is 1520. The number of hydrogen-bond donors (Lipinski definition) is 0. The predicted molar refractivity (Wildman–Crippen MR) is 181 cm³/mol. The Balaban J connectivity index is 0.000000147. The van der Waals surface area contributed by atoms with Crippen molar-refractivity contribution >= 4 is 23.4 Å². The summed E-state index contributed by atoms with van der Waals surface area (Å²) in [5, 5.41) is 0. The molecule has 2 unspecified atom stereocenters. The van der Waals surface area contributed by atoms with Gasteiger partial charge in [-0.3, -0.25) is 19.8 Å². The molecule has 2 aromatic carbocycles. The van der Waals surface area contributed by atoms with Crippen molar-refractivity contribution in [3.8, 4) is 0 Å². The number of fused-ring (bicyclic) bond motifs is 2. The largest absolute Gasteiger partial charge is 0.324 e. The van der Waals surface area contributed by atoms with E-state index in [4.69, 9.17) is 0 Å². The predicted octanol–water partition coefficient (Wildman–Crippen LogP) is 6.89. The van der Waals surface area contributed by atoms with Crippen molar-refractivity contribution in [2.75, 3.05) is 49.1 Å². The van der Waals surface area contributed by atoms with Crippen molar-refractivity contribution in [1.29, 1.82) is 0 Å². The Kier molecular flexibility index (Phi) is 8.94. The number of carbonyl (C=O) groups excluding carboxylic acids is 2. The molecule has 4 aliphatic heterocycles. The van der Waals surface area contributed by atoms with Gasteiger partial charge >= 0.3 is 12.1 Å². The lowest BCUT2D eigenvalue weighted by atomic mass is 10.00. The minimum absolute atomic E-state index is 0.156. The summed E-state index contributed by atoms with van der Waals surface area (Å²) in [4.78, 5) is 42.2. The maximum Gasteiger partial charge on any atom is 0.324 e. The average molecular weight is 615 g/mol. The van der Waals surface area contributed by atoms with Crippen LogP contribution < -0.4 is 9.80 Å². The summed E-state index contributed by atoms with van der Waals surface area (Å²) in [6, 6.07) is 25.1. The highest BCUT2D eigenvalue weighted by atomic mass is 16.2. The molecule has 8 rings (SSSR count). The second-order valence-electron chi connectivity index (χ2n) is 12.8. The van der Waals surface area contributed by atoms with Gasteiger partial charge in [-0.1, -0.05) is 42.5 Å². The maximum atomic E-state index is 13.0. The Hall–Kier alpha value is -4.72. The van der Waals surface area contributed by atoms with Crippen LogP contribution in [-0.4, -0.2) is 71.1 Å². The molecule has 8 nitrogen and oxygen atoms in total. The molecule has 2 aromatic heterocycles. The topological polar surface area (TPSA) is 72.9 Å². The minimum Gasteiger partial charge on any atom is -0.324 e. The summed E-state index contributed by atoms with van der Waals surface area (Å²) in [5.74, 6) is 0.842. The van der Waals surface area contributed by atoms with Crippen LogP contribution in [0.5, 0.6) is 0 Å². The van der Waals surface area contributed by atoms with Crippen molar-refractivity contribution in [2.45, 2.75) is 50.4 Å². The SMILES string of the molecule is O=C(N1CCC(c2cccnc2)C1)N1CCCc2ccccc21.O=C(N1CCC(c2ccncc2)C1)N1CCCc2ccccc21. The number of anilines is 2. The fraction of sp³-hybridized carbons (Fsp3) is 0.368. The van der Waals surface area contributed by atoms with E-state index in [1.54, 1.807) is 6.20 Å². The third-order valence-corrected chi connectivity index (χ3v) is 9.93. The lowest BCUT2D eigenvalue weighted by Crippen LogP contribution is -2.44. The molecule has 6 heterocycles. The zero-order valence-electron chi connectivity index (χ0n) is 26.4. The first-order valence-electron chi connectivity index (χ1n) is 16.7. The molecule has 8 heteroatoms. The van der Waals surface area contributed by atoms with Gasteiger partial charge in [0.05, 0.1) is 0 Å². The molecule has 0 aliphatic carbocycles. The van der Waals surface area contributed by atoms with Crippen LogP contribution in [0.3, 0.4) is 0 Å². The van der Waals surface area contributed by atoms with Gasteiger partial charge in [0.25, 0.3) is 0 Å². The van der Waals surface area contributed by atoms with Crippen LogP contribution in [0.4, 0.5) is 21.0 Å². The molecular formula is C38H42N6O2. The zero-order valence-corrected chi connectivity index (χ0v) is 26.4. The van der Waals surface area contributed by atoms with Gasteiger partial charge < -0.3 is 9.80 Å². The molecular weight excluding hydrogens is 572 g/mol. The van der Waals surface area contributed by atoms with E-state index >= 15 is 0 Å². The smallest absolute Gasteiger partial charge is 0.324 e. The number of benzene rings is 2. The van der Waals surface area contributed by atoms with Crippen molar-refractivity contribution in [3.05, 3.63) is 120 Å². The van der Waals surface area contributed by atoms with Crippen molar-refractivity contribution in [3.63, 3.8) is 0 Å². The molecule has 4 amide bonds. The number of hydrogen-bond acceptors (Lipinski definition) is 4. The molecule has 4 aromatic rings. The third-order valence-electron chi connectivity index (χ3n) is 9.93. The summed E-state index contributed by atoms with van der Waals surface area (Å²) in [6.45, 7) is 4.92. The van der Waals surface area contributed by atoms with Crippen LogP contribution in [-0.2, 0) is 12.8 Å². The Morgan fingerprint density at radius 2 is 1.11 bits per heavy atom. The first-order chi connectivity index (χ1) is 22.7. The van der Waals surface area contributed by atoms with Crippen LogP contribution in [0.1, 0.15) is 59.8 Å². The number of pyridine rings is 2. The van der Waals surface area contributed by atoms with Crippen molar-refractivity contribution in [2.24, 2.45) is 0 Å². The van der Waals surface area contributed by atoms with E-state index in [1.165, 1.54) is 22.3 Å². The van der Waals surface area contributed by atoms with Gasteiger partial charge in [0.2, 0.25) is 0 Å². The van der Waals surface area contributed by atoms with Crippen LogP contribution in [0.25, 0.3) is 0 Å². The summed E-state index contributed by atoms with van der Waals surface area (Å²) < 4.78 is 0. The monoisotopic (exact) mass is 614 g/mol. The van der Waals surface area contributed by atoms with E-state index in [9.17, 15) is 9.59 Å². The number of aromatic nitrogens is 2. The standard InChI is InChI=1S/2C19H21N3O/c23-19(22-11-4-7-15-5-1-2-8-18(15)22)21-12-9-17(14-21)16-6-3-10-20-13-16;23-19(22-12-3-5-16-4-1-2-6-18(16)22)21-13-9-17(14-21)15-7-10-20-11-8-15/h1-3,5-6,8,10,13,17H,4,7,9,11-12,14H2;1-2,4,6-8,10-11,17H,3,5,9,12-14H2. The van der Waals surface area contributed by atoms with Crippen molar-refractivity contribution in [1.82, 2.24) is 19.8 Å².